The minimum atomic E-state index is 0.182. The van der Waals surface area contributed by atoms with Crippen LogP contribution in [0.25, 0.3) is 0 Å². The summed E-state index contributed by atoms with van der Waals surface area (Å²) in [5, 5.41) is 3.44. The van der Waals surface area contributed by atoms with Crippen LogP contribution in [0.5, 0.6) is 0 Å². The maximum atomic E-state index is 12.2. The zero-order valence-electron chi connectivity index (χ0n) is 14.8. The van der Waals surface area contributed by atoms with Crippen molar-refractivity contribution in [2.45, 2.75) is 19.3 Å². The van der Waals surface area contributed by atoms with Gasteiger partial charge in [0.1, 0.15) is 0 Å². The number of benzene rings is 1. The van der Waals surface area contributed by atoms with Crippen molar-refractivity contribution in [1.82, 2.24) is 10.2 Å². The topological polar surface area (TPSA) is 57.2 Å². The summed E-state index contributed by atoms with van der Waals surface area (Å²) < 4.78 is 5.61. The maximum absolute atomic E-state index is 12.2. The first-order chi connectivity index (χ1) is 12.2. The van der Waals surface area contributed by atoms with Gasteiger partial charge in [-0.1, -0.05) is 18.2 Å². The first kappa shape index (κ1) is 16.4. The molecule has 0 saturated carbocycles. The molecule has 2 saturated heterocycles. The van der Waals surface area contributed by atoms with Crippen molar-refractivity contribution in [3.63, 3.8) is 0 Å². The number of hydrogen-bond donors (Lipinski definition) is 1. The van der Waals surface area contributed by atoms with Crippen LogP contribution in [0, 0.1) is 5.41 Å². The number of amides is 1. The van der Waals surface area contributed by atoms with E-state index in [4.69, 9.17) is 4.74 Å². The molecule has 6 nitrogen and oxygen atoms in total. The van der Waals surface area contributed by atoms with E-state index in [9.17, 15) is 4.79 Å². The summed E-state index contributed by atoms with van der Waals surface area (Å²) in [6.07, 6.45) is 2.84. The lowest BCUT2D eigenvalue weighted by Crippen LogP contribution is -2.44. The minimum absolute atomic E-state index is 0.182. The second-order valence-electron chi connectivity index (χ2n) is 7.30. The van der Waals surface area contributed by atoms with E-state index in [1.54, 1.807) is 0 Å². The fourth-order valence-corrected chi connectivity index (χ4v) is 4.26. The van der Waals surface area contributed by atoms with Gasteiger partial charge in [-0.25, -0.2) is 0 Å². The summed E-state index contributed by atoms with van der Waals surface area (Å²) >= 11 is 0. The lowest BCUT2D eigenvalue weighted by atomic mass is 9.87. The Balaban J connectivity index is 1.33. The number of guanidine groups is 1. The zero-order chi connectivity index (χ0) is 17.3. The van der Waals surface area contributed by atoms with Crippen molar-refractivity contribution in [2.75, 3.05) is 51.3 Å². The molecule has 1 atom stereocenters. The molecule has 3 heterocycles. The van der Waals surface area contributed by atoms with Gasteiger partial charge in [-0.2, -0.15) is 0 Å². The average Bonchev–Trinajstić information content (AvgIpc) is 3.33. The molecule has 0 aliphatic carbocycles. The highest BCUT2D eigenvalue weighted by Crippen LogP contribution is 2.38. The number of para-hydroxylation sites is 1. The zero-order valence-corrected chi connectivity index (χ0v) is 14.8. The van der Waals surface area contributed by atoms with Gasteiger partial charge in [0.2, 0.25) is 5.91 Å². The molecule has 1 aromatic rings. The third-order valence-electron chi connectivity index (χ3n) is 5.68. The smallest absolute Gasteiger partial charge is 0.231 e. The van der Waals surface area contributed by atoms with Crippen LogP contribution in [0.3, 0.4) is 0 Å². The highest BCUT2D eigenvalue weighted by Gasteiger charge is 2.42. The van der Waals surface area contributed by atoms with Gasteiger partial charge in [0, 0.05) is 50.9 Å². The number of likely N-dealkylation sites (tertiary alicyclic amines) is 1. The second kappa shape index (κ2) is 6.67. The molecule has 0 radical (unpaired) electrons. The van der Waals surface area contributed by atoms with Crippen molar-refractivity contribution >= 4 is 17.6 Å². The van der Waals surface area contributed by atoms with Crippen LogP contribution in [-0.4, -0.2) is 63.2 Å². The largest absolute Gasteiger partial charge is 0.381 e. The van der Waals surface area contributed by atoms with Gasteiger partial charge >= 0.3 is 0 Å². The number of anilines is 1. The monoisotopic (exact) mass is 342 g/mol. The summed E-state index contributed by atoms with van der Waals surface area (Å²) in [4.78, 5) is 20.9. The van der Waals surface area contributed by atoms with Gasteiger partial charge in [-0.05, 0) is 24.5 Å². The molecule has 0 aromatic heterocycles. The third kappa shape index (κ3) is 3.11. The molecule has 1 aromatic carbocycles. The minimum Gasteiger partial charge on any atom is -0.381 e. The number of nitrogens with one attached hydrogen (secondary N) is 1. The first-order valence-corrected chi connectivity index (χ1v) is 9.12. The van der Waals surface area contributed by atoms with Gasteiger partial charge in [0.25, 0.3) is 0 Å². The summed E-state index contributed by atoms with van der Waals surface area (Å²) in [5.74, 6) is 1.12. The van der Waals surface area contributed by atoms with Crippen molar-refractivity contribution in [3.8, 4) is 0 Å². The van der Waals surface area contributed by atoms with Gasteiger partial charge in [0.05, 0.1) is 13.0 Å². The highest BCUT2D eigenvalue weighted by molar-refractivity contribution is 6.01. The molecule has 1 spiro atoms. The molecule has 0 bridgehead atoms. The van der Waals surface area contributed by atoms with E-state index in [0.29, 0.717) is 24.9 Å². The third-order valence-corrected chi connectivity index (χ3v) is 5.68. The summed E-state index contributed by atoms with van der Waals surface area (Å²) in [7, 11) is 1.83. The molecule has 134 valence electrons. The standard InChI is InChI=1S/C19H26N4O2/c1-20-18(22-9-6-19(13-22)7-11-25-14-19)21-8-10-23-16-5-3-2-4-15(16)12-17(23)24/h2-5H,6-14H2,1H3,(H,20,21). The van der Waals surface area contributed by atoms with Crippen molar-refractivity contribution < 1.29 is 9.53 Å². The van der Waals surface area contributed by atoms with Crippen LogP contribution < -0.4 is 10.2 Å². The molecule has 1 N–H and O–H groups in total. The predicted molar refractivity (Wildman–Crippen MR) is 97.9 cm³/mol. The lowest BCUT2D eigenvalue weighted by molar-refractivity contribution is -0.117. The molecule has 1 unspecified atom stereocenters. The lowest BCUT2D eigenvalue weighted by Gasteiger charge is -2.25. The van der Waals surface area contributed by atoms with Crippen LogP contribution in [0.15, 0.2) is 29.3 Å². The van der Waals surface area contributed by atoms with Crippen molar-refractivity contribution in [1.29, 1.82) is 0 Å². The van der Waals surface area contributed by atoms with Gasteiger partial charge in [0.15, 0.2) is 5.96 Å². The highest BCUT2D eigenvalue weighted by atomic mass is 16.5. The molecule has 1 amide bonds. The van der Waals surface area contributed by atoms with Crippen molar-refractivity contribution in [3.05, 3.63) is 29.8 Å². The molecule has 2 fully saturated rings. The van der Waals surface area contributed by atoms with Crippen LogP contribution in [0.4, 0.5) is 5.69 Å². The first-order valence-electron chi connectivity index (χ1n) is 9.12. The molecule has 4 rings (SSSR count). The quantitative estimate of drug-likeness (QED) is 0.664. The molecule has 25 heavy (non-hydrogen) atoms. The number of ether oxygens (including phenoxy) is 1. The van der Waals surface area contributed by atoms with Crippen LogP contribution in [-0.2, 0) is 16.0 Å². The number of hydrogen-bond acceptors (Lipinski definition) is 3. The second-order valence-corrected chi connectivity index (χ2v) is 7.30. The maximum Gasteiger partial charge on any atom is 0.231 e. The Morgan fingerprint density at radius 2 is 2.24 bits per heavy atom. The van der Waals surface area contributed by atoms with E-state index in [1.807, 2.05) is 36.2 Å². The van der Waals surface area contributed by atoms with Crippen LogP contribution in [0.2, 0.25) is 0 Å². The van der Waals surface area contributed by atoms with E-state index in [-0.39, 0.29) is 5.91 Å². The Hall–Kier alpha value is -2.08. The summed E-state index contributed by atoms with van der Waals surface area (Å²) in [6.45, 7) is 5.16. The number of carbonyl (C=O) groups is 1. The fraction of sp³-hybridized carbons (Fsp3) is 0.579. The predicted octanol–water partition coefficient (Wildman–Crippen LogP) is 1.26. The SMILES string of the molecule is CN=C(NCCN1C(=O)Cc2ccccc21)N1CCC2(CCOC2)C1. The Kier molecular flexibility index (Phi) is 4.37. The molecular formula is C19H26N4O2. The molecule has 3 aliphatic heterocycles. The molecule has 6 heteroatoms. The number of carbonyl (C=O) groups excluding carboxylic acids is 1. The Morgan fingerprint density at radius 1 is 1.36 bits per heavy atom. The number of rotatable bonds is 3. The average molecular weight is 342 g/mol. The molecular weight excluding hydrogens is 316 g/mol. The Bertz CT molecular complexity index is 682. The van der Waals surface area contributed by atoms with Gasteiger partial charge in [-0.15, -0.1) is 0 Å². The van der Waals surface area contributed by atoms with Crippen molar-refractivity contribution in [2.24, 2.45) is 10.4 Å². The summed E-state index contributed by atoms with van der Waals surface area (Å²) in [6, 6.07) is 8.04. The Morgan fingerprint density at radius 3 is 3.04 bits per heavy atom. The molecule has 3 aliphatic rings. The van der Waals surface area contributed by atoms with E-state index >= 15 is 0 Å². The van der Waals surface area contributed by atoms with Crippen LogP contribution >= 0.6 is 0 Å². The number of aliphatic imine (C=N–C) groups is 1. The van der Waals surface area contributed by atoms with E-state index in [2.05, 4.69) is 15.2 Å². The van der Waals surface area contributed by atoms with Crippen LogP contribution in [0.1, 0.15) is 18.4 Å². The van der Waals surface area contributed by atoms with Gasteiger partial charge < -0.3 is 19.9 Å². The van der Waals surface area contributed by atoms with E-state index in [1.165, 1.54) is 6.42 Å². The summed E-state index contributed by atoms with van der Waals surface area (Å²) in [5.41, 5.74) is 2.49. The van der Waals surface area contributed by atoms with Gasteiger partial charge in [-0.3, -0.25) is 9.79 Å². The number of fused-ring (bicyclic) bond motifs is 1. The Labute approximate surface area is 148 Å². The normalized spacial score (nSPS) is 26.0. The van der Waals surface area contributed by atoms with E-state index in [0.717, 1.165) is 49.9 Å². The fourth-order valence-electron chi connectivity index (χ4n) is 4.26. The van der Waals surface area contributed by atoms with E-state index < -0.39 is 0 Å². The number of nitrogens with zero attached hydrogens (tertiary/aromatic N) is 3.